The van der Waals surface area contributed by atoms with Crippen molar-refractivity contribution in [2.45, 2.75) is 31.9 Å². The van der Waals surface area contributed by atoms with Crippen LogP contribution in [0.2, 0.25) is 0 Å². The molecule has 4 heteroatoms. The number of nitrogens with two attached hydrogens (primary N) is 1. The zero-order valence-corrected chi connectivity index (χ0v) is 12.5. The van der Waals surface area contributed by atoms with E-state index in [1.54, 1.807) is 7.11 Å². The summed E-state index contributed by atoms with van der Waals surface area (Å²) < 4.78 is 11.1. The Kier molecular flexibility index (Phi) is 5.83. The molecule has 1 aliphatic heterocycles. The minimum atomic E-state index is -0.00292. The summed E-state index contributed by atoms with van der Waals surface area (Å²) in [6.45, 7) is 5.66. The molecule has 0 spiro atoms. The van der Waals surface area contributed by atoms with Crippen LogP contribution in [0.25, 0.3) is 0 Å². The Bertz CT molecular complexity index is 403. The molecule has 4 nitrogen and oxygen atoms in total. The topological polar surface area (TPSA) is 47.7 Å². The minimum Gasteiger partial charge on any atom is -0.494 e. The molecule has 0 aromatic heterocycles. The molecule has 1 aliphatic rings. The Balaban J connectivity index is 1.93. The van der Waals surface area contributed by atoms with Gasteiger partial charge in [0.25, 0.3) is 0 Å². The standard InChI is InChI=1S/C16H26N2O2/c1-3-20-16-7-5-4-6-14(16)15(17)12-18-10-8-13(19-2)9-11-18/h4-7,13,15H,3,8-12,17H2,1-2H3. The number of likely N-dealkylation sites (tertiary alicyclic amines) is 1. The van der Waals surface area contributed by atoms with Gasteiger partial charge in [-0.25, -0.2) is 0 Å². The van der Waals surface area contributed by atoms with Crippen molar-refractivity contribution in [1.82, 2.24) is 4.90 Å². The first-order chi connectivity index (χ1) is 9.74. The van der Waals surface area contributed by atoms with Crippen LogP contribution in [0.1, 0.15) is 31.4 Å². The molecule has 1 unspecified atom stereocenters. The van der Waals surface area contributed by atoms with Crippen molar-refractivity contribution in [3.63, 3.8) is 0 Å². The van der Waals surface area contributed by atoms with Gasteiger partial charge in [-0.15, -0.1) is 0 Å². The normalized spacial score (nSPS) is 18.9. The van der Waals surface area contributed by atoms with Crippen molar-refractivity contribution in [1.29, 1.82) is 0 Å². The smallest absolute Gasteiger partial charge is 0.124 e. The van der Waals surface area contributed by atoms with E-state index in [4.69, 9.17) is 15.2 Å². The molecule has 0 amide bonds. The number of hydrogen-bond acceptors (Lipinski definition) is 4. The van der Waals surface area contributed by atoms with Crippen LogP contribution < -0.4 is 10.5 Å². The van der Waals surface area contributed by atoms with E-state index in [-0.39, 0.29) is 6.04 Å². The zero-order valence-electron chi connectivity index (χ0n) is 12.5. The molecular weight excluding hydrogens is 252 g/mol. The van der Waals surface area contributed by atoms with Crippen LogP contribution in [0.15, 0.2) is 24.3 Å². The molecule has 0 radical (unpaired) electrons. The van der Waals surface area contributed by atoms with Crippen LogP contribution in [-0.4, -0.2) is 44.4 Å². The molecular formula is C16H26N2O2. The molecule has 20 heavy (non-hydrogen) atoms. The van der Waals surface area contributed by atoms with Gasteiger partial charge in [-0.3, -0.25) is 0 Å². The third-order valence-electron chi connectivity index (χ3n) is 3.94. The molecule has 1 heterocycles. The Hall–Kier alpha value is -1.10. The molecule has 1 aromatic carbocycles. The average Bonchev–Trinajstić information content (AvgIpc) is 2.49. The van der Waals surface area contributed by atoms with E-state index in [2.05, 4.69) is 11.0 Å². The van der Waals surface area contributed by atoms with Crippen molar-refractivity contribution in [2.24, 2.45) is 5.73 Å². The number of piperidine rings is 1. The van der Waals surface area contributed by atoms with Crippen LogP contribution in [0.4, 0.5) is 0 Å². The molecule has 1 atom stereocenters. The van der Waals surface area contributed by atoms with Crippen LogP contribution in [-0.2, 0) is 4.74 Å². The summed E-state index contributed by atoms with van der Waals surface area (Å²) in [7, 11) is 1.80. The first-order valence-electron chi connectivity index (χ1n) is 7.47. The van der Waals surface area contributed by atoms with Crippen LogP contribution in [0.5, 0.6) is 5.75 Å². The van der Waals surface area contributed by atoms with Crippen molar-refractivity contribution in [3.8, 4) is 5.75 Å². The van der Waals surface area contributed by atoms with Crippen molar-refractivity contribution in [2.75, 3.05) is 33.4 Å². The molecule has 0 saturated carbocycles. The lowest BCUT2D eigenvalue weighted by molar-refractivity contribution is 0.0394. The summed E-state index contributed by atoms with van der Waals surface area (Å²) in [5, 5.41) is 0. The SMILES string of the molecule is CCOc1ccccc1C(N)CN1CCC(OC)CC1. The molecule has 1 aromatic rings. The third-order valence-corrected chi connectivity index (χ3v) is 3.94. The van der Waals surface area contributed by atoms with Gasteiger partial charge in [0.2, 0.25) is 0 Å². The van der Waals surface area contributed by atoms with Gasteiger partial charge in [-0.05, 0) is 25.8 Å². The summed E-state index contributed by atoms with van der Waals surface area (Å²) >= 11 is 0. The highest BCUT2D eigenvalue weighted by atomic mass is 16.5. The first kappa shape index (κ1) is 15.3. The summed E-state index contributed by atoms with van der Waals surface area (Å²) in [4.78, 5) is 2.42. The van der Waals surface area contributed by atoms with Crippen molar-refractivity contribution in [3.05, 3.63) is 29.8 Å². The fourth-order valence-corrected chi connectivity index (χ4v) is 2.78. The molecule has 0 bridgehead atoms. The Morgan fingerprint density at radius 2 is 2.00 bits per heavy atom. The van der Waals surface area contributed by atoms with Crippen molar-refractivity contribution >= 4 is 0 Å². The van der Waals surface area contributed by atoms with Crippen molar-refractivity contribution < 1.29 is 9.47 Å². The summed E-state index contributed by atoms with van der Waals surface area (Å²) in [5.41, 5.74) is 7.47. The molecule has 2 rings (SSSR count). The third kappa shape index (κ3) is 3.95. The Labute approximate surface area is 121 Å². The highest BCUT2D eigenvalue weighted by Crippen LogP contribution is 2.25. The number of methoxy groups -OCH3 is 1. The van der Waals surface area contributed by atoms with Gasteiger partial charge in [0.1, 0.15) is 5.75 Å². The molecule has 1 saturated heterocycles. The maximum Gasteiger partial charge on any atom is 0.124 e. The fraction of sp³-hybridized carbons (Fsp3) is 0.625. The fourth-order valence-electron chi connectivity index (χ4n) is 2.78. The lowest BCUT2D eigenvalue weighted by Gasteiger charge is -2.33. The number of nitrogens with zero attached hydrogens (tertiary/aromatic N) is 1. The largest absolute Gasteiger partial charge is 0.494 e. The molecule has 2 N–H and O–H groups in total. The van der Waals surface area contributed by atoms with E-state index >= 15 is 0 Å². The van der Waals surface area contributed by atoms with E-state index in [1.165, 1.54) is 0 Å². The minimum absolute atomic E-state index is 0.00292. The van der Waals surface area contributed by atoms with Gasteiger partial charge in [0.15, 0.2) is 0 Å². The van der Waals surface area contributed by atoms with Crippen LogP contribution in [0.3, 0.4) is 0 Å². The van der Waals surface area contributed by atoms with Gasteiger partial charge in [0, 0.05) is 38.3 Å². The second-order valence-corrected chi connectivity index (χ2v) is 5.31. The number of ether oxygens (including phenoxy) is 2. The van der Waals surface area contributed by atoms with Crippen LogP contribution >= 0.6 is 0 Å². The van der Waals surface area contributed by atoms with Gasteiger partial charge in [-0.1, -0.05) is 18.2 Å². The van der Waals surface area contributed by atoms with E-state index in [9.17, 15) is 0 Å². The predicted octanol–water partition coefficient (Wildman–Crippen LogP) is 2.20. The van der Waals surface area contributed by atoms with Crippen LogP contribution in [0, 0.1) is 0 Å². The lowest BCUT2D eigenvalue weighted by Crippen LogP contribution is -2.40. The summed E-state index contributed by atoms with van der Waals surface area (Å²) in [6, 6.07) is 8.07. The van der Waals surface area contributed by atoms with Gasteiger partial charge in [0.05, 0.1) is 12.7 Å². The predicted molar refractivity (Wildman–Crippen MR) is 81.0 cm³/mol. The van der Waals surface area contributed by atoms with E-state index in [0.717, 1.165) is 43.8 Å². The summed E-state index contributed by atoms with van der Waals surface area (Å²) in [6.07, 6.45) is 2.60. The maximum absolute atomic E-state index is 6.37. The highest BCUT2D eigenvalue weighted by Gasteiger charge is 2.21. The zero-order chi connectivity index (χ0) is 14.4. The number of rotatable bonds is 6. The van der Waals surface area contributed by atoms with Gasteiger partial charge < -0.3 is 20.1 Å². The van der Waals surface area contributed by atoms with E-state index in [1.807, 2.05) is 25.1 Å². The summed E-state index contributed by atoms with van der Waals surface area (Å²) in [5.74, 6) is 0.911. The average molecular weight is 278 g/mol. The van der Waals surface area contributed by atoms with E-state index in [0.29, 0.717) is 12.7 Å². The number of benzene rings is 1. The Morgan fingerprint density at radius 3 is 2.65 bits per heavy atom. The van der Waals surface area contributed by atoms with Gasteiger partial charge in [-0.2, -0.15) is 0 Å². The molecule has 0 aliphatic carbocycles. The quantitative estimate of drug-likeness (QED) is 0.866. The second-order valence-electron chi connectivity index (χ2n) is 5.31. The Morgan fingerprint density at radius 1 is 1.30 bits per heavy atom. The lowest BCUT2D eigenvalue weighted by atomic mass is 10.0. The van der Waals surface area contributed by atoms with Gasteiger partial charge >= 0.3 is 0 Å². The second kappa shape index (κ2) is 7.62. The number of para-hydroxylation sites is 1. The molecule has 112 valence electrons. The highest BCUT2D eigenvalue weighted by molar-refractivity contribution is 5.35. The monoisotopic (exact) mass is 278 g/mol. The number of hydrogen-bond donors (Lipinski definition) is 1. The molecule has 1 fully saturated rings. The maximum atomic E-state index is 6.37. The van der Waals surface area contributed by atoms with E-state index < -0.39 is 0 Å². The first-order valence-corrected chi connectivity index (χ1v) is 7.47.